The first kappa shape index (κ1) is 16.1. The first-order valence-electron chi connectivity index (χ1n) is 7.54. The Bertz CT molecular complexity index is 500. The maximum atomic E-state index is 12.2. The number of hydrogen-bond donors (Lipinski definition) is 2. The molecule has 4 nitrogen and oxygen atoms in total. The summed E-state index contributed by atoms with van der Waals surface area (Å²) < 4.78 is 0. The molecule has 1 fully saturated rings. The van der Waals surface area contributed by atoms with E-state index in [1.807, 2.05) is 0 Å². The predicted octanol–water partition coefficient (Wildman–Crippen LogP) is 3.37. The van der Waals surface area contributed by atoms with E-state index in [4.69, 9.17) is 17.3 Å². The van der Waals surface area contributed by atoms with Gasteiger partial charge in [-0.25, -0.2) is 0 Å². The summed E-state index contributed by atoms with van der Waals surface area (Å²) in [6, 6.07) is 5.68. The minimum absolute atomic E-state index is 0.0281. The lowest BCUT2D eigenvalue weighted by atomic mass is 10.1. The van der Waals surface area contributed by atoms with Gasteiger partial charge in [-0.1, -0.05) is 25.4 Å². The maximum absolute atomic E-state index is 12.2. The SMILES string of the molecule is CC(C)CCN(CC(=O)Nc1cc(Cl)ccc1N)C1CC1. The quantitative estimate of drug-likeness (QED) is 0.759. The molecule has 0 bridgehead atoms. The summed E-state index contributed by atoms with van der Waals surface area (Å²) in [5.74, 6) is 0.623. The molecule has 5 heteroatoms. The lowest BCUT2D eigenvalue weighted by Gasteiger charge is -2.22. The minimum Gasteiger partial charge on any atom is -0.397 e. The maximum Gasteiger partial charge on any atom is 0.238 e. The number of halogens is 1. The number of carbonyl (C=O) groups excluding carboxylic acids is 1. The second kappa shape index (κ2) is 7.14. The monoisotopic (exact) mass is 309 g/mol. The van der Waals surface area contributed by atoms with Crippen molar-refractivity contribution in [1.82, 2.24) is 4.90 Å². The fourth-order valence-corrected chi connectivity index (χ4v) is 2.44. The van der Waals surface area contributed by atoms with Crippen LogP contribution in [0.1, 0.15) is 33.1 Å². The molecule has 0 atom stereocenters. The fraction of sp³-hybridized carbons (Fsp3) is 0.562. The van der Waals surface area contributed by atoms with Crippen LogP contribution in [0, 0.1) is 5.92 Å². The van der Waals surface area contributed by atoms with Crippen LogP contribution in [0.4, 0.5) is 11.4 Å². The Kier molecular flexibility index (Phi) is 5.48. The molecule has 0 unspecified atom stereocenters. The lowest BCUT2D eigenvalue weighted by molar-refractivity contribution is -0.117. The van der Waals surface area contributed by atoms with Crippen molar-refractivity contribution in [2.75, 3.05) is 24.1 Å². The molecule has 1 amide bonds. The molecule has 1 aromatic carbocycles. The highest BCUT2D eigenvalue weighted by molar-refractivity contribution is 6.31. The zero-order valence-electron chi connectivity index (χ0n) is 12.7. The van der Waals surface area contributed by atoms with Crippen LogP contribution in [0.5, 0.6) is 0 Å². The Morgan fingerprint density at radius 2 is 2.19 bits per heavy atom. The van der Waals surface area contributed by atoms with E-state index in [9.17, 15) is 4.79 Å². The smallest absolute Gasteiger partial charge is 0.238 e. The molecule has 3 N–H and O–H groups in total. The summed E-state index contributed by atoms with van der Waals surface area (Å²) in [6.45, 7) is 5.81. The van der Waals surface area contributed by atoms with E-state index in [0.29, 0.717) is 34.9 Å². The zero-order chi connectivity index (χ0) is 15.4. The lowest BCUT2D eigenvalue weighted by Crippen LogP contribution is -2.36. The van der Waals surface area contributed by atoms with Crippen LogP contribution in [0.3, 0.4) is 0 Å². The predicted molar refractivity (Wildman–Crippen MR) is 88.5 cm³/mol. The van der Waals surface area contributed by atoms with Gasteiger partial charge in [-0.05, 0) is 49.9 Å². The highest BCUT2D eigenvalue weighted by Gasteiger charge is 2.30. The van der Waals surface area contributed by atoms with E-state index in [2.05, 4.69) is 24.1 Å². The van der Waals surface area contributed by atoms with Crippen LogP contribution >= 0.6 is 11.6 Å². The van der Waals surface area contributed by atoms with Crippen LogP contribution in [0.25, 0.3) is 0 Å². The number of carbonyl (C=O) groups is 1. The van der Waals surface area contributed by atoms with Gasteiger partial charge in [-0.15, -0.1) is 0 Å². The second-order valence-corrected chi connectivity index (χ2v) is 6.60. The van der Waals surface area contributed by atoms with E-state index in [-0.39, 0.29) is 5.91 Å². The molecule has 2 rings (SSSR count). The van der Waals surface area contributed by atoms with Crippen molar-refractivity contribution in [2.24, 2.45) is 5.92 Å². The molecule has 1 saturated carbocycles. The summed E-state index contributed by atoms with van der Waals surface area (Å²) in [5, 5.41) is 3.43. The van der Waals surface area contributed by atoms with E-state index in [0.717, 1.165) is 13.0 Å². The van der Waals surface area contributed by atoms with Crippen molar-refractivity contribution in [3.8, 4) is 0 Å². The third-order valence-electron chi connectivity index (χ3n) is 3.69. The van der Waals surface area contributed by atoms with Gasteiger partial charge in [0.2, 0.25) is 5.91 Å². The van der Waals surface area contributed by atoms with Crippen molar-refractivity contribution in [1.29, 1.82) is 0 Å². The first-order valence-corrected chi connectivity index (χ1v) is 7.92. The van der Waals surface area contributed by atoms with Crippen molar-refractivity contribution in [3.05, 3.63) is 23.2 Å². The van der Waals surface area contributed by atoms with Crippen LogP contribution in [-0.2, 0) is 4.79 Å². The summed E-state index contributed by atoms with van der Waals surface area (Å²) >= 11 is 5.93. The molecule has 1 aliphatic carbocycles. The standard InChI is InChI=1S/C16H24ClN3O/c1-11(2)7-8-20(13-4-5-13)10-16(21)19-15-9-12(17)3-6-14(15)18/h3,6,9,11,13H,4-5,7-8,10,18H2,1-2H3,(H,19,21). The van der Waals surface area contributed by atoms with Gasteiger partial charge in [0.15, 0.2) is 0 Å². The van der Waals surface area contributed by atoms with Crippen LogP contribution in [0.15, 0.2) is 18.2 Å². The van der Waals surface area contributed by atoms with Gasteiger partial charge in [-0.3, -0.25) is 9.69 Å². The number of anilines is 2. The molecular weight excluding hydrogens is 286 g/mol. The summed E-state index contributed by atoms with van der Waals surface area (Å²) in [4.78, 5) is 14.5. The average molecular weight is 310 g/mol. The zero-order valence-corrected chi connectivity index (χ0v) is 13.5. The third kappa shape index (κ3) is 5.21. The first-order chi connectivity index (χ1) is 9.95. The largest absolute Gasteiger partial charge is 0.397 e. The molecule has 0 radical (unpaired) electrons. The number of nitrogens with one attached hydrogen (secondary N) is 1. The molecule has 1 aliphatic rings. The number of rotatable bonds is 7. The highest BCUT2D eigenvalue weighted by Crippen LogP contribution is 2.28. The molecule has 21 heavy (non-hydrogen) atoms. The molecule has 0 saturated heterocycles. The van der Waals surface area contributed by atoms with E-state index in [1.165, 1.54) is 12.8 Å². The van der Waals surface area contributed by atoms with Gasteiger partial charge in [0.25, 0.3) is 0 Å². The van der Waals surface area contributed by atoms with E-state index in [1.54, 1.807) is 18.2 Å². The van der Waals surface area contributed by atoms with Crippen LogP contribution < -0.4 is 11.1 Å². The molecular formula is C16H24ClN3O. The van der Waals surface area contributed by atoms with Crippen LogP contribution in [0.2, 0.25) is 5.02 Å². The average Bonchev–Trinajstić information content (AvgIpc) is 3.23. The third-order valence-corrected chi connectivity index (χ3v) is 3.93. The molecule has 0 aromatic heterocycles. The van der Waals surface area contributed by atoms with Crippen molar-refractivity contribution < 1.29 is 4.79 Å². The van der Waals surface area contributed by atoms with Gasteiger partial charge in [-0.2, -0.15) is 0 Å². The summed E-state index contributed by atoms with van der Waals surface area (Å²) in [7, 11) is 0. The van der Waals surface area contributed by atoms with Crippen LogP contribution in [-0.4, -0.2) is 29.9 Å². The molecule has 0 heterocycles. The number of nitrogens with two attached hydrogens (primary N) is 1. The minimum atomic E-state index is -0.0281. The fourth-order valence-electron chi connectivity index (χ4n) is 2.27. The van der Waals surface area contributed by atoms with Crippen molar-refractivity contribution >= 4 is 28.9 Å². The normalized spacial score (nSPS) is 14.7. The Hall–Kier alpha value is -1.26. The molecule has 0 spiro atoms. The Balaban J connectivity index is 1.91. The van der Waals surface area contributed by atoms with Crippen molar-refractivity contribution in [3.63, 3.8) is 0 Å². The van der Waals surface area contributed by atoms with Gasteiger partial charge < -0.3 is 11.1 Å². The number of amides is 1. The van der Waals surface area contributed by atoms with Crippen molar-refractivity contribution in [2.45, 2.75) is 39.2 Å². The Morgan fingerprint density at radius 1 is 1.48 bits per heavy atom. The number of nitrogens with zero attached hydrogens (tertiary/aromatic N) is 1. The highest BCUT2D eigenvalue weighted by atomic mass is 35.5. The van der Waals surface area contributed by atoms with Gasteiger partial charge >= 0.3 is 0 Å². The van der Waals surface area contributed by atoms with Gasteiger partial charge in [0.05, 0.1) is 17.9 Å². The molecule has 1 aromatic rings. The van der Waals surface area contributed by atoms with E-state index < -0.39 is 0 Å². The Labute approximate surface area is 131 Å². The Morgan fingerprint density at radius 3 is 2.81 bits per heavy atom. The van der Waals surface area contributed by atoms with Gasteiger partial charge in [0.1, 0.15) is 0 Å². The second-order valence-electron chi connectivity index (χ2n) is 6.16. The molecule has 0 aliphatic heterocycles. The number of nitrogen functional groups attached to an aromatic ring is 1. The number of benzene rings is 1. The summed E-state index contributed by atoms with van der Waals surface area (Å²) in [6.07, 6.45) is 3.51. The molecule has 116 valence electrons. The topological polar surface area (TPSA) is 58.4 Å². The van der Waals surface area contributed by atoms with E-state index >= 15 is 0 Å². The number of hydrogen-bond acceptors (Lipinski definition) is 3. The van der Waals surface area contributed by atoms with Gasteiger partial charge in [0, 0.05) is 11.1 Å². The summed E-state index contributed by atoms with van der Waals surface area (Å²) in [5.41, 5.74) is 6.98.